The van der Waals surface area contributed by atoms with E-state index in [9.17, 15) is 4.79 Å². The number of furan rings is 1. The fourth-order valence-electron chi connectivity index (χ4n) is 4.57. The summed E-state index contributed by atoms with van der Waals surface area (Å²) in [5.41, 5.74) is 7.75. The monoisotopic (exact) mass is 490 g/mol. The van der Waals surface area contributed by atoms with Crippen LogP contribution in [0.15, 0.2) is 78.0 Å². The van der Waals surface area contributed by atoms with Gasteiger partial charge >= 0.3 is 0 Å². The molecule has 3 N–H and O–H groups in total. The Bertz CT molecular complexity index is 1740. The Morgan fingerprint density at radius 1 is 1.00 bits per heavy atom. The van der Waals surface area contributed by atoms with E-state index in [0.29, 0.717) is 12.1 Å². The summed E-state index contributed by atoms with van der Waals surface area (Å²) in [4.78, 5) is 24.9. The van der Waals surface area contributed by atoms with Crippen molar-refractivity contribution in [2.24, 2.45) is 5.41 Å². The summed E-state index contributed by atoms with van der Waals surface area (Å²) < 4.78 is 5.30. The number of aromatic nitrogens is 5. The minimum absolute atomic E-state index is 0.0411. The zero-order chi connectivity index (χ0) is 25.6. The number of nitrogens with zero attached hydrogens (tertiary/aromatic N) is 3. The van der Waals surface area contributed by atoms with E-state index >= 15 is 0 Å². The fourth-order valence-corrected chi connectivity index (χ4v) is 4.57. The third-order valence-corrected chi connectivity index (χ3v) is 6.21. The molecule has 5 heterocycles. The predicted octanol–water partition coefficient (Wildman–Crippen LogP) is 6.80. The van der Waals surface area contributed by atoms with Crippen molar-refractivity contribution in [1.82, 2.24) is 25.1 Å². The summed E-state index contributed by atoms with van der Waals surface area (Å²) in [5.74, 6) is -0.0411. The Balaban J connectivity index is 1.36. The van der Waals surface area contributed by atoms with Gasteiger partial charge in [-0.25, -0.2) is 0 Å². The number of pyridine rings is 2. The van der Waals surface area contributed by atoms with Gasteiger partial charge in [0.25, 0.3) is 0 Å². The number of nitrogens with one attached hydrogen (secondary N) is 3. The number of carbonyl (C=O) groups excluding carboxylic acids is 1. The molecule has 0 aliphatic heterocycles. The summed E-state index contributed by atoms with van der Waals surface area (Å²) in [6.45, 7) is 6.11. The second kappa shape index (κ2) is 8.74. The molecule has 5 aromatic heterocycles. The average Bonchev–Trinajstić information content (AvgIpc) is 3.61. The molecule has 0 aliphatic carbocycles. The van der Waals surface area contributed by atoms with Gasteiger partial charge in [-0.3, -0.25) is 19.9 Å². The van der Waals surface area contributed by atoms with Crippen molar-refractivity contribution in [3.05, 3.63) is 73.6 Å². The van der Waals surface area contributed by atoms with E-state index in [1.807, 2.05) is 45.0 Å². The standard InChI is InChI=1S/C29H26N6O2/c1-29(2,3)12-27(36)32-19-9-18(13-30-14-19)24-11-22-26(15-31-24)34-35-28(22)25-10-21-20(17-7-8-37-16-17)5-4-6-23(21)33-25/h4-11,13-16,33H,12H2,1-3H3,(H,32,36)(H,34,35). The highest BCUT2D eigenvalue weighted by Crippen LogP contribution is 2.35. The first-order valence-corrected chi connectivity index (χ1v) is 12.1. The second-order valence-corrected chi connectivity index (χ2v) is 10.4. The number of H-pyrrole nitrogens is 2. The third kappa shape index (κ3) is 4.49. The first kappa shape index (κ1) is 22.7. The van der Waals surface area contributed by atoms with Crippen LogP contribution in [-0.2, 0) is 4.79 Å². The average molecular weight is 491 g/mol. The summed E-state index contributed by atoms with van der Waals surface area (Å²) >= 11 is 0. The van der Waals surface area contributed by atoms with E-state index in [1.165, 1.54) is 0 Å². The molecule has 0 aliphatic rings. The summed E-state index contributed by atoms with van der Waals surface area (Å²) in [7, 11) is 0. The highest BCUT2D eigenvalue weighted by Gasteiger charge is 2.17. The predicted molar refractivity (Wildman–Crippen MR) is 145 cm³/mol. The maximum Gasteiger partial charge on any atom is 0.224 e. The van der Waals surface area contributed by atoms with Gasteiger partial charge in [0, 0.05) is 40.0 Å². The van der Waals surface area contributed by atoms with Crippen molar-refractivity contribution < 1.29 is 9.21 Å². The van der Waals surface area contributed by atoms with Gasteiger partial charge in [-0.15, -0.1) is 0 Å². The molecule has 0 radical (unpaired) electrons. The maximum atomic E-state index is 12.4. The maximum absolute atomic E-state index is 12.4. The Morgan fingerprint density at radius 3 is 2.70 bits per heavy atom. The quantitative estimate of drug-likeness (QED) is 0.246. The molecule has 0 saturated heterocycles. The van der Waals surface area contributed by atoms with Crippen LogP contribution >= 0.6 is 0 Å². The molecule has 0 spiro atoms. The number of hydrogen-bond acceptors (Lipinski definition) is 5. The first-order chi connectivity index (χ1) is 17.8. The molecular weight excluding hydrogens is 464 g/mol. The molecule has 0 atom stereocenters. The number of amides is 1. The van der Waals surface area contributed by atoms with Crippen molar-refractivity contribution in [2.45, 2.75) is 27.2 Å². The molecule has 8 heteroatoms. The van der Waals surface area contributed by atoms with E-state index in [1.54, 1.807) is 31.1 Å². The Labute approximate surface area is 213 Å². The van der Waals surface area contributed by atoms with Crippen LogP contribution in [0.25, 0.3) is 55.6 Å². The Morgan fingerprint density at radius 2 is 1.89 bits per heavy atom. The number of fused-ring (bicyclic) bond motifs is 2. The minimum Gasteiger partial charge on any atom is -0.472 e. The van der Waals surface area contributed by atoms with Crippen molar-refractivity contribution >= 4 is 33.4 Å². The zero-order valence-electron chi connectivity index (χ0n) is 20.8. The van der Waals surface area contributed by atoms with E-state index in [2.05, 4.69) is 48.7 Å². The Hall–Kier alpha value is -4.72. The molecule has 0 bridgehead atoms. The van der Waals surface area contributed by atoms with Crippen molar-refractivity contribution in [3.8, 4) is 33.8 Å². The molecule has 6 aromatic rings. The van der Waals surface area contributed by atoms with Gasteiger partial charge in [0.2, 0.25) is 5.91 Å². The number of anilines is 1. The van der Waals surface area contributed by atoms with Crippen molar-refractivity contribution in [2.75, 3.05) is 5.32 Å². The van der Waals surface area contributed by atoms with E-state index < -0.39 is 0 Å². The lowest BCUT2D eigenvalue weighted by Crippen LogP contribution is -2.19. The van der Waals surface area contributed by atoms with Crippen LogP contribution in [0.1, 0.15) is 27.2 Å². The fraction of sp³-hybridized carbons (Fsp3) is 0.172. The molecule has 0 saturated carbocycles. The zero-order valence-corrected chi connectivity index (χ0v) is 20.8. The van der Waals surface area contributed by atoms with E-state index in [4.69, 9.17) is 4.42 Å². The van der Waals surface area contributed by atoms with Crippen LogP contribution in [0.3, 0.4) is 0 Å². The molecular formula is C29H26N6O2. The lowest BCUT2D eigenvalue weighted by Gasteiger charge is -2.17. The molecule has 0 unspecified atom stereocenters. The number of rotatable bonds is 5. The molecule has 0 fully saturated rings. The molecule has 8 nitrogen and oxygen atoms in total. The topological polar surface area (TPSA) is 112 Å². The van der Waals surface area contributed by atoms with Gasteiger partial charge in [-0.1, -0.05) is 32.9 Å². The number of hydrogen-bond donors (Lipinski definition) is 3. The number of carbonyl (C=O) groups is 1. The molecule has 37 heavy (non-hydrogen) atoms. The van der Waals surface area contributed by atoms with Gasteiger partial charge in [-0.05, 0) is 41.3 Å². The van der Waals surface area contributed by atoms with Crippen LogP contribution in [0.4, 0.5) is 5.69 Å². The smallest absolute Gasteiger partial charge is 0.224 e. The van der Waals surface area contributed by atoms with Crippen molar-refractivity contribution in [3.63, 3.8) is 0 Å². The van der Waals surface area contributed by atoms with Gasteiger partial charge in [0.1, 0.15) is 5.69 Å². The second-order valence-electron chi connectivity index (χ2n) is 10.4. The molecule has 1 amide bonds. The van der Waals surface area contributed by atoms with Gasteiger partial charge in [-0.2, -0.15) is 5.10 Å². The van der Waals surface area contributed by atoms with E-state index in [-0.39, 0.29) is 11.3 Å². The third-order valence-electron chi connectivity index (χ3n) is 6.21. The number of benzene rings is 1. The highest BCUT2D eigenvalue weighted by atomic mass is 16.3. The Kier molecular flexibility index (Phi) is 5.37. The highest BCUT2D eigenvalue weighted by molar-refractivity contribution is 6.01. The lowest BCUT2D eigenvalue weighted by molar-refractivity contribution is -0.117. The van der Waals surface area contributed by atoms with Crippen LogP contribution in [-0.4, -0.2) is 31.1 Å². The number of aromatic amines is 2. The van der Waals surface area contributed by atoms with Crippen LogP contribution in [0, 0.1) is 5.41 Å². The summed E-state index contributed by atoms with van der Waals surface area (Å²) in [6, 6.07) is 14.1. The molecule has 6 rings (SSSR count). The molecule has 1 aromatic carbocycles. The summed E-state index contributed by atoms with van der Waals surface area (Å²) in [5, 5.41) is 12.7. The summed E-state index contributed by atoms with van der Waals surface area (Å²) in [6.07, 6.45) is 9.01. The van der Waals surface area contributed by atoms with Gasteiger partial charge in [0.15, 0.2) is 0 Å². The largest absolute Gasteiger partial charge is 0.472 e. The molecule has 184 valence electrons. The van der Waals surface area contributed by atoms with Crippen LogP contribution in [0.5, 0.6) is 0 Å². The normalized spacial score (nSPS) is 11.9. The van der Waals surface area contributed by atoms with Gasteiger partial charge in [0.05, 0.1) is 47.5 Å². The van der Waals surface area contributed by atoms with Crippen LogP contribution < -0.4 is 5.32 Å². The van der Waals surface area contributed by atoms with Crippen molar-refractivity contribution in [1.29, 1.82) is 0 Å². The first-order valence-electron chi connectivity index (χ1n) is 12.1. The van der Waals surface area contributed by atoms with Crippen LogP contribution in [0.2, 0.25) is 0 Å². The lowest BCUT2D eigenvalue weighted by atomic mass is 9.92. The van der Waals surface area contributed by atoms with E-state index in [0.717, 1.165) is 55.6 Å². The minimum atomic E-state index is -0.0959. The van der Waals surface area contributed by atoms with Gasteiger partial charge < -0.3 is 14.7 Å². The SMILES string of the molecule is CC(C)(C)CC(=O)Nc1cncc(-c2cc3c(-c4cc5c(-c6ccoc6)cccc5[nH]4)n[nH]c3cn2)c1.